The first-order chi connectivity index (χ1) is 14.5. The number of furan rings is 1. The molecule has 8 nitrogen and oxygen atoms in total. The van der Waals surface area contributed by atoms with Crippen LogP contribution >= 0.6 is 12.2 Å². The molecule has 0 radical (unpaired) electrons. The maximum Gasteiger partial charge on any atom is 0.262 e. The van der Waals surface area contributed by atoms with Crippen LogP contribution in [0.3, 0.4) is 0 Å². The third-order valence-electron chi connectivity index (χ3n) is 5.23. The summed E-state index contributed by atoms with van der Waals surface area (Å²) in [7, 11) is 0. The predicted molar refractivity (Wildman–Crippen MR) is 114 cm³/mol. The molecule has 3 aromatic rings. The van der Waals surface area contributed by atoms with Gasteiger partial charge in [0.2, 0.25) is 5.91 Å². The van der Waals surface area contributed by atoms with Crippen LogP contribution in [0, 0.1) is 4.77 Å². The Kier molecular flexibility index (Phi) is 5.80. The van der Waals surface area contributed by atoms with E-state index in [-0.39, 0.29) is 23.9 Å². The van der Waals surface area contributed by atoms with Crippen LogP contribution in [-0.2, 0) is 17.9 Å². The largest absolute Gasteiger partial charge is 0.467 e. The molecule has 30 heavy (non-hydrogen) atoms. The zero-order valence-corrected chi connectivity index (χ0v) is 17.2. The number of amides is 2. The minimum Gasteiger partial charge on any atom is -0.467 e. The lowest BCUT2D eigenvalue weighted by atomic mass is 10.1. The highest BCUT2D eigenvalue weighted by molar-refractivity contribution is 7.71. The smallest absolute Gasteiger partial charge is 0.262 e. The summed E-state index contributed by atoms with van der Waals surface area (Å²) >= 11 is 5.37. The highest BCUT2D eigenvalue weighted by Gasteiger charge is 2.19. The maximum atomic E-state index is 12.9. The van der Waals surface area contributed by atoms with Gasteiger partial charge in [0.1, 0.15) is 5.76 Å². The zero-order chi connectivity index (χ0) is 21.1. The molecule has 2 aromatic heterocycles. The second-order valence-corrected chi connectivity index (χ2v) is 7.63. The van der Waals surface area contributed by atoms with Crippen LogP contribution in [0.2, 0.25) is 0 Å². The molecule has 0 saturated carbocycles. The Morgan fingerprint density at radius 3 is 2.83 bits per heavy atom. The van der Waals surface area contributed by atoms with Crippen molar-refractivity contribution in [3.8, 4) is 0 Å². The van der Waals surface area contributed by atoms with Gasteiger partial charge in [0.15, 0.2) is 4.77 Å². The van der Waals surface area contributed by atoms with E-state index in [2.05, 4.69) is 10.3 Å². The molecule has 4 rings (SSSR count). The Morgan fingerprint density at radius 2 is 2.10 bits per heavy atom. The van der Waals surface area contributed by atoms with Crippen molar-refractivity contribution in [1.82, 2.24) is 19.8 Å². The number of aromatic nitrogens is 2. The van der Waals surface area contributed by atoms with Gasteiger partial charge in [0, 0.05) is 31.6 Å². The number of rotatable bonds is 7. The van der Waals surface area contributed by atoms with Gasteiger partial charge in [0.05, 0.1) is 23.7 Å². The Morgan fingerprint density at radius 1 is 1.23 bits per heavy atom. The highest BCUT2D eigenvalue weighted by Crippen LogP contribution is 2.13. The van der Waals surface area contributed by atoms with Crippen molar-refractivity contribution < 1.29 is 14.0 Å². The lowest BCUT2D eigenvalue weighted by Crippen LogP contribution is -2.29. The maximum absolute atomic E-state index is 12.9. The van der Waals surface area contributed by atoms with E-state index in [1.165, 1.54) is 4.57 Å². The van der Waals surface area contributed by atoms with E-state index < -0.39 is 0 Å². The summed E-state index contributed by atoms with van der Waals surface area (Å²) in [6.45, 7) is 2.11. The van der Waals surface area contributed by atoms with Gasteiger partial charge in [-0.25, -0.2) is 0 Å². The van der Waals surface area contributed by atoms with Crippen molar-refractivity contribution in [2.75, 3.05) is 13.1 Å². The molecule has 0 bridgehead atoms. The van der Waals surface area contributed by atoms with E-state index in [9.17, 15) is 14.4 Å². The summed E-state index contributed by atoms with van der Waals surface area (Å²) in [5.74, 6) is 0.554. The van der Waals surface area contributed by atoms with Gasteiger partial charge in [-0.05, 0) is 55.4 Å². The van der Waals surface area contributed by atoms with Gasteiger partial charge < -0.3 is 19.6 Å². The number of benzene rings is 1. The molecule has 1 aliphatic heterocycles. The molecule has 1 aromatic carbocycles. The number of nitrogens with one attached hydrogen (secondary N) is 2. The number of carbonyl (C=O) groups is 2. The van der Waals surface area contributed by atoms with E-state index >= 15 is 0 Å². The molecule has 2 N–H and O–H groups in total. The molecule has 3 heterocycles. The summed E-state index contributed by atoms with van der Waals surface area (Å²) in [5, 5.41) is 3.24. The molecule has 156 valence electrons. The Hall–Kier alpha value is -3.20. The third-order valence-corrected chi connectivity index (χ3v) is 5.55. The summed E-state index contributed by atoms with van der Waals surface area (Å²) in [5.41, 5.74) is 0.732. The van der Waals surface area contributed by atoms with Crippen molar-refractivity contribution in [3.05, 3.63) is 63.0 Å². The van der Waals surface area contributed by atoms with Crippen LogP contribution in [0.25, 0.3) is 10.9 Å². The van der Waals surface area contributed by atoms with Crippen molar-refractivity contribution in [1.29, 1.82) is 0 Å². The SMILES string of the molecule is O=C(NCc1ccco1)c1ccc2c(=O)n(CCCN3CCCC3=O)c(=S)[nH]c2c1. The van der Waals surface area contributed by atoms with Crippen LogP contribution < -0.4 is 10.9 Å². The van der Waals surface area contributed by atoms with Gasteiger partial charge in [0.25, 0.3) is 11.5 Å². The number of hydrogen-bond acceptors (Lipinski definition) is 5. The molecule has 0 aliphatic carbocycles. The normalized spacial score (nSPS) is 13.9. The number of fused-ring (bicyclic) bond motifs is 1. The minimum atomic E-state index is -0.271. The molecular weight excluding hydrogens is 404 g/mol. The first-order valence-electron chi connectivity index (χ1n) is 9.88. The molecule has 2 amide bonds. The molecule has 1 fully saturated rings. The molecule has 0 spiro atoms. The van der Waals surface area contributed by atoms with Crippen LogP contribution in [-0.4, -0.2) is 39.4 Å². The molecule has 0 unspecified atom stereocenters. The first-order valence-corrected chi connectivity index (χ1v) is 10.3. The number of aromatic amines is 1. The topological polar surface area (TPSA) is 100 Å². The molecule has 9 heteroatoms. The number of hydrogen-bond donors (Lipinski definition) is 2. The second-order valence-electron chi connectivity index (χ2n) is 7.25. The lowest BCUT2D eigenvalue weighted by Gasteiger charge is -2.16. The average Bonchev–Trinajstić information content (AvgIpc) is 3.40. The lowest BCUT2D eigenvalue weighted by molar-refractivity contribution is -0.127. The van der Waals surface area contributed by atoms with Gasteiger partial charge >= 0.3 is 0 Å². The Balaban J connectivity index is 1.49. The van der Waals surface area contributed by atoms with Crippen molar-refractivity contribution in [2.24, 2.45) is 0 Å². The third kappa shape index (κ3) is 4.20. The number of likely N-dealkylation sites (tertiary alicyclic amines) is 1. The van der Waals surface area contributed by atoms with E-state index in [1.54, 1.807) is 36.6 Å². The minimum absolute atomic E-state index is 0.170. The number of nitrogens with zero attached hydrogens (tertiary/aromatic N) is 2. The second kappa shape index (κ2) is 8.66. The van der Waals surface area contributed by atoms with Crippen molar-refractivity contribution >= 4 is 34.9 Å². The Bertz CT molecular complexity index is 1200. The fourth-order valence-corrected chi connectivity index (χ4v) is 3.93. The van der Waals surface area contributed by atoms with E-state index in [0.29, 0.717) is 52.9 Å². The average molecular weight is 426 g/mol. The van der Waals surface area contributed by atoms with Gasteiger partial charge in [-0.15, -0.1) is 0 Å². The fourth-order valence-electron chi connectivity index (χ4n) is 3.64. The van der Waals surface area contributed by atoms with Crippen LogP contribution in [0.5, 0.6) is 0 Å². The molecule has 1 saturated heterocycles. The van der Waals surface area contributed by atoms with E-state index in [1.807, 2.05) is 4.90 Å². The summed E-state index contributed by atoms with van der Waals surface area (Å²) in [4.78, 5) is 41.9. The monoisotopic (exact) mass is 426 g/mol. The first kappa shape index (κ1) is 20.1. The quantitative estimate of drug-likeness (QED) is 0.566. The number of H-pyrrole nitrogens is 1. The Labute approximate surface area is 177 Å². The fraction of sp³-hybridized carbons (Fsp3) is 0.333. The van der Waals surface area contributed by atoms with Gasteiger partial charge in [-0.1, -0.05) is 0 Å². The summed E-state index contributed by atoms with van der Waals surface area (Å²) in [6.07, 6.45) is 3.70. The van der Waals surface area contributed by atoms with Crippen molar-refractivity contribution in [3.63, 3.8) is 0 Å². The predicted octanol–water partition coefficient (Wildman–Crippen LogP) is 2.59. The van der Waals surface area contributed by atoms with Crippen LogP contribution in [0.15, 0.2) is 45.8 Å². The number of carbonyl (C=O) groups excluding carboxylic acids is 2. The van der Waals surface area contributed by atoms with E-state index in [0.717, 1.165) is 13.0 Å². The van der Waals surface area contributed by atoms with Crippen LogP contribution in [0.1, 0.15) is 35.4 Å². The van der Waals surface area contributed by atoms with Gasteiger partial charge in [-0.3, -0.25) is 19.0 Å². The zero-order valence-electron chi connectivity index (χ0n) is 16.3. The molecular formula is C21H22N4O4S. The summed E-state index contributed by atoms with van der Waals surface area (Å²) < 4.78 is 7.01. The standard InChI is InChI=1S/C21H22N4O4S/c26-18-5-1-8-24(18)9-3-10-25-20(28)16-7-6-14(12-17(16)23-21(25)30)19(27)22-13-15-4-2-11-29-15/h2,4,6-7,11-12H,1,3,5,8-10,13H2,(H,22,27)(H,23,30). The molecule has 0 atom stereocenters. The van der Waals surface area contributed by atoms with Crippen molar-refractivity contribution in [2.45, 2.75) is 32.4 Å². The van der Waals surface area contributed by atoms with E-state index in [4.69, 9.17) is 16.6 Å². The van der Waals surface area contributed by atoms with Crippen LogP contribution in [0.4, 0.5) is 0 Å². The summed E-state index contributed by atoms with van der Waals surface area (Å²) in [6, 6.07) is 8.40. The molecule has 1 aliphatic rings. The highest BCUT2D eigenvalue weighted by atomic mass is 32.1. The van der Waals surface area contributed by atoms with Gasteiger partial charge in [-0.2, -0.15) is 0 Å².